The van der Waals surface area contributed by atoms with E-state index >= 15 is 0 Å². The number of ether oxygens (including phenoxy) is 2. The second-order valence-corrected chi connectivity index (χ2v) is 6.68. The summed E-state index contributed by atoms with van der Waals surface area (Å²) in [6.07, 6.45) is 0. The van der Waals surface area contributed by atoms with Crippen LogP contribution in [0.15, 0.2) is 78.9 Å². The zero-order chi connectivity index (χ0) is 22.8. The molecule has 0 spiro atoms. The topological polar surface area (TPSA) is 106 Å². The minimum Gasteiger partial charge on any atom is -0.497 e. The van der Waals surface area contributed by atoms with E-state index in [-0.39, 0.29) is 11.7 Å². The van der Waals surface area contributed by atoms with Crippen LogP contribution in [0.1, 0.15) is 15.9 Å². The maximum absolute atomic E-state index is 12.5. The number of carbonyl (C=O) groups is 3. The first-order valence-electron chi connectivity index (χ1n) is 9.84. The standard InChI is InChI=1S/C24H23N3O5/c1-31-19-13-11-18(12-14-19)26-24(30)27-22(28)16-32-21-10-6-5-9-20(21)23(29)25-15-17-7-3-2-4-8-17/h2-14H,15-16H2,1H3,(H,25,29)(H2,26,27,28,30). The van der Waals surface area contributed by atoms with Gasteiger partial charge in [-0.25, -0.2) is 4.79 Å². The Morgan fingerprint density at radius 3 is 2.25 bits per heavy atom. The maximum atomic E-state index is 12.5. The lowest BCUT2D eigenvalue weighted by Gasteiger charge is -2.12. The summed E-state index contributed by atoms with van der Waals surface area (Å²) in [6.45, 7) is -0.0704. The molecule has 3 N–H and O–H groups in total. The van der Waals surface area contributed by atoms with Gasteiger partial charge in [-0.1, -0.05) is 42.5 Å². The largest absolute Gasteiger partial charge is 0.497 e. The first-order valence-corrected chi connectivity index (χ1v) is 9.84. The minimum atomic E-state index is -0.697. The number of anilines is 1. The molecular formula is C24H23N3O5. The van der Waals surface area contributed by atoms with Crippen molar-refractivity contribution in [3.63, 3.8) is 0 Å². The number of para-hydroxylation sites is 1. The van der Waals surface area contributed by atoms with Crippen LogP contribution in [0.25, 0.3) is 0 Å². The molecule has 8 nitrogen and oxygen atoms in total. The van der Waals surface area contributed by atoms with Gasteiger partial charge < -0.3 is 20.1 Å². The Morgan fingerprint density at radius 2 is 1.53 bits per heavy atom. The van der Waals surface area contributed by atoms with Crippen molar-refractivity contribution in [1.82, 2.24) is 10.6 Å². The molecule has 0 bridgehead atoms. The second kappa shape index (κ2) is 11.2. The summed E-state index contributed by atoms with van der Waals surface area (Å²) in [6, 6.07) is 22.0. The first-order chi connectivity index (χ1) is 15.5. The molecule has 0 aromatic heterocycles. The van der Waals surface area contributed by atoms with Gasteiger partial charge >= 0.3 is 6.03 Å². The summed E-state index contributed by atoms with van der Waals surface area (Å²) in [7, 11) is 1.54. The predicted octanol–water partition coefficient (Wildman–Crippen LogP) is 3.35. The quantitative estimate of drug-likeness (QED) is 0.505. The molecule has 32 heavy (non-hydrogen) atoms. The number of imide groups is 1. The van der Waals surface area contributed by atoms with Crippen molar-refractivity contribution in [2.75, 3.05) is 19.0 Å². The molecule has 3 aromatic rings. The Morgan fingerprint density at radius 1 is 0.844 bits per heavy atom. The van der Waals surface area contributed by atoms with Gasteiger partial charge in [-0.3, -0.25) is 14.9 Å². The normalized spacial score (nSPS) is 10.0. The lowest BCUT2D eigenvalue weighted by atomic mass is 10.1. The highest BCUT2D eigenvalue weighted by atomic mass is 16.5. The lowest BCUT2D eigenvalue weighted by molar-refractivity contribution is -0.121. The number of hydrogen-bond donors (Lipinski definition) is 3. The van der Waals surface area contributed by atoms with Crippen molar-refractivity contribution in [1.29, 1.82) is 0 Å². The van der Waals surface area contributed by atoms with Gasteiger partial charge in [0.05, 0.1) is 12.7 Å². The minimum absolute atomic E-state index is 0.240. The average Bonchev–Trinajstić information content (AvgIpc) is 2.82. The van der Waals surface area contributed by atoms with Crippen molar-refractivity contribution in [2.45, 2.75) is 6.54 Å². The van der Waals surface area contributed by atoms with Crippen molar-refractivity contribution >= 4 is 23.5 Å². The van der Waals surface area contributed by atoms with Crippen LogP contribution in [0.5, 0.6) is 11.5 Å². The van der Waals surface area contributed by atoms with E-state index in [1.165, 1.54) is 0 Å². The van der Waals surface area contributed by atoms with Gasteiger partial charge in [0.1, 0.15) is 11.5 Å². The highest BCUT2D eigenvalue weighted by Crippen LogP contribution is 2.18. The molecule has 0 saturated heterocycles. The molecule has 0 radical (unpaired) electrons. The molecule has 3 rings (SSSR count). The van der Waals surface area contributed by atoms with Crippen molar-refractivity contribution in [3.05, 3.63) is 90.0 Å². The van der Waals surface area contributed by atoms with Gasteiger partial charge in [-0.05, 0) is 42.0 Å². The third kappa shape index (κ3) is 6.60. The molecule has 0 unspecified atom stereocenters. The van der Waals surface area contributed by atoms with Crippen LogP contribution in [-0.4, -0.2) is 31.6 Å². The third-order valence-electron chi connectivity index (χ3n) is 4.39. The zero-order valence-corrected chi connectivity index (χ0v) is 17.5. The second-order valence-electron chi connectivity index (χ2n) is 6.68. The fourth-order valence-electron chi connectivity index (χ4n) is 2.80. The fraction of sp³-hybridized carbons (Fsp3) is 0.125. The number of methoxy groups -OCH3 is 1. The Hall–Kier alpha value is -4.33. The zero-order valence-electron chi connectivity index (χ0n) is 17.5. The molecule has 0 aliphatic rings. The fourth-order valence-corrected chi connectivity index (χ4v) is 2.80. The predicted molar refractivity (Wildman–Crippen MR) is 120 cm³/mol. The summed E-state index contributed by atoms with van der Waals surface area (Å²) in [5.74, 6) is -0.103. The van der Waals surface area contributed by atoms with E-state index < -0.39 is 18.5 Å². The van der Waals surface area contributed by atoms with Crippen LogP contribution >= 0.6 is 0 Å². The van der Waals surface area contributed by atoms with Crippen LogP contribution in [0, 0.1) is 0 Å². The van der Waals surface area contributed by atoms with E-state index in [0.29, 0.717) is 23.5 Å². The molecule has 8 heteroatoms. The molecule has 3 aromatic carbocycles. The molecule has 0 atom stereocenters. The first kappa shape index (κ1) is 22.4. The van der Waals surface area contributed by atoms with E-state index in [1.807, 2.05) is 30.3 Å². The number of amides is 4. The van der Waals surface area contributed by atoms with Crippen LogP contribution in [0.3, 0.4) is 0 Å². The van der Waals surface area contributed by atoms with E-state index in [9.17, 15) is 14.4 Å². The maximum Gasteiger partial charge on any atom is 0.325 e. The van der Waals surface area contributed by atoms with Crippen molar-refractivity contribution in [2.24, 2.45) is 0 Å². The van der Waals surface area contributed by atoms with Gasteiger partial charge in [0, 0.05) is 12.2 Å². The molecule has 0 saturated carbocycles. The number of nitrogens with one attached hydrogen (secondary N) is 3. The van der Waals surface area contributed by atoms with E-state index in [0.717, 1.165) is 5.56 Å². The van der Waals surface area contributed by atoms with E-state index in [1.54, 1.807) is 55.6 Å². The van der Waals surface area contributed by atoms with Gasteiger partial charge in [-0.15, -0.1) is 0 Å². The molecule has 164 valence electrons. The average molecular weight is 433 g/mol. The number of carbonyl (C=O) groups excluding carboxylic acids is 3. The molecule has 0 fully saturated rings. The number of benzene rings is 3. The highest BCUT2D eigenvalue weighted by Gasteiger charge is 2.14. The summed E-state index contributed by atoms with van der Waals surface area (Å²) in [5, 5.41) is 7.53. The van der Waals surface area contributed by atoms with Gasteiger partial charge in [0.15, 0.2) is 6.61 Å². The summed E-state index contributed by atoms with van der Waals surface area (Å²) < 4.78 is 10.5. The highest BCUT2D eigenvalue weighted by molar-refractivity contribution is 6.02. The Bertz CT molecular complexity index is 1070. The Labute approximate surface area is 185 Å². The molecular weight excluding hydrogens is 410 g/mol. The molecule has 0 aliphatic heterocycles. The Kier molecular flexibility index (Phi) is 7.80. The van der Waals surface area contributed by atoms with Gasteiger partial charge in [0.25, 0.3) is 11.8 Å². The summed E-state index contributed by atoms with van der Waals surface area (Å²) >= 11 is 0. The SMILES string of the molecule is COc1ccc(NC(=O)NC(=O)COc2ccccc2C(=O)NCc2ccccc2)cc1. The summed E-state index contributed by atoms with van der Waals surface area (Å²) in [5.41, 5.74) is 1.75. The number of urea groups is 1. The van der Waals surface area contributed by atoms with Crippen molar-refractivity contribution in [3.8, 4) is 11.5 Å². The van der Waals surface area contributed by atoms with Gasteiger partial charge in [-0.2, -0.15) is 0 Å². The number of hydrogen-bond acceptors (Lipinski definition) is 5. The smallest absolute Gasteiger partial charge is 0.325 e. The monoisotopic (exact) mass is 433 g/mol. The molecule has 0 aliphatic carbocycles. The third-order valence-corrected chi connectivity index (χ3v) is 4.39. The van der Waals surface area contributed by atoms with Crippen molar-refractivity contribution < 1.29 is 23.9 Å². The van der Waals surface area contributed by atoms with Gasteiger partial charge in [0.2, 0.25) is 0 Å². The van der Waals surface area contributed by atoms with Crippen LogP contribution < -0.4 is 25.4 Å². The van der Waals surface area contributed by atoms with Crippen LogP contribution in [0.2, 0.25) is 0 Å². The molecule has 4 amide bonds. The van der Waals surface area contributed by atoms with E-state index in [2.05, 4.69) is 16.0 Å². The summed E-state index contributed by atoms with van der Waals surface area (Å²) in [4.78, 5) is 36.6. The van der Waals surface area contributed by atoms with Crippen LogP contribution in [0.4, 0.5) is 10.5 Å². The molecule has 0 heterocycles. The Balaban J connectivity index is 1.50. The van der Waals surface area contributed by atoms with E-state index in [4.69, 9.17) is 9.47 Å². The lowest BCUT2D eigenvalue weighted by Crippen LogP contribution is -2.37. The van der Waals surface area contributed by atoms with Crippen LogP contribution in [-0.2, 0) is 11.3 Å². The number of rotatable bonds is 8.